The molecule has 2 nitrogen and oxygen atoms in total. The van der Waals surface area contributed by atoms with Crippen molar-refractivity contribution in [3.05, 3.63) is 20.8 Å². The highest BCUT2D eigenvalue weighted by Gasteiger charge is 2.25. The molecule has 1 aliphatic heterocycles. The molecule has 1 saturated heterocycles. The summed E-state index contributed by atoms with van der Waals surface area (Å²) < 4.78 is 1.22. The number of likely N-dealkylation sites (tertiary alicyclic amines) is 1. The normalized spacial score (nSPS) is 24.6. The smallest absolute Gasteiger partial charge is 0.0701 e. The van der Waals surface area contributed by atoms with Crippen LogP contribution < -0.4 is 5.73 Å². The molecule has 0 amide bonds. The van der Waals surface area contributed by atoms with Gasteiger partial charge < -0.3 is 5.73 Å². The number of hydrogen-bond donors (Lipinski definition) is 1. The van der Waals surface area contributed by atoms with Gasteiger partial charge in [-0.2, -0.15) is 0 Å². The molecule has 0 spiro atoms. The summed E-state index contributed by atoms with van der Waals surface area (Å²) in [4.78, 5) is 3.98. The van der Waals surface area contributed by atoms with Crippen LogP contribution >= 0.6 is 27.3 Å². The Kier molecular flexibility index (Phi) is 4.41. The maximum atomic E-state index is 6.07. The van der Waals surface area contributed by atoms with Crippen molar-refractivity contribution in [1.29, 1.82) is 0 Å². The molecule has 1 aromatic heterocycles. The maximum Gasteiger partial charge on any atom is 0.0701 e. The molecule has 1 aliphatic rings. The minimum Gasteiger partial charge on any atom is -0.327 e. The highest BCUT2D eigenvalue weighted by Crippen LogP contribution is 2.26. The first-order valence-electron chi connectivity index (χ1n) is 5.90. The molecule has 4 heteroatoms. The lowest BCUT2D eigenvalue weighted by molar-refractivity contribution is 0.124. The van der Waals surface area contributed by atoms with E-state index in [1.165, 1.54) is 34.5 Å². The predicted molar refractivity (Wildman–Crippen MR) is 73.7 cm³/mol. The number of piperidine rings is 1. The van der Waals surface area contributed by atoms with Crippen LogP contribution in [0.3, 0.4) is 0 Å². The van der Waals surface area contributed by atoms with Crippen LogP contribution in [-0.4, -0.2) is 23.5 Å². The van der Waals surface area contributed by atoms with E-state index in [1.54, 1.807) is 0 Å². The lowest BCUT2D eigenvalue weighted by Gasteiger charge is -2.37. The van der Waals surface area contributed by atoms with Gasteiger partial charge in [0.25, 0.3) is 0 Å². The molecule has 2 heterocycles. The first kappa shape index (κ1) is 12.6. The molecule has 1 aromatic rings. The average Bonchev–Trinajstić information content (AvgIpc) is 2.64. The second-order valence-corrected chi connectivity index (χ2v) is 7.15. The highest BCUT2D eigenvalue weighted by molar-refractivity contribution is 9.11. The Balaban J connectivity index is 2.01. The Bertz CT molecular complexity index is 338. The van der Waals surface area contributed by atoms with Crippen LogP contribution in [-0.2, 0) is 6.54 Å². The summed E-state index contributed by atoms with van der Waals surface area (Å²) in [7, 11) is 0. The van der Waals surface area contributed by atoms with Crippen molar-refractivity contribution in [1.82, 2.24) is 4.90 Å². The van der Waals surface area contributed by atoms with E-state index in [0.717, 1.165) is 6.54 Å². The number of halogens is 1. The second-order valence-electron chi connectivity index (χ2n) is 4.60. The zero-order valence-electron chi connectivity index (χ0n) is 9.66. The fourth-order valence-corrected chi connectivity index (χ4v) is 3.95. The van der Waals surface area contributed by atoms with Gasteiger partial charge in [-0.25, -0.2) is 0 Å². The van der Waals surface area contributed by atoms with Crippen LogP contribution in [0.5, 0.6) is 0 Å². The molecule has 2 rings (SSSR count). The highest BCUT2D eigenvalue weighted by atomic mass is 79.9. The summed E-state index contributed by atoms with van der Waals surface area (Å²) in [6.07, 6.45) is 3.90. The quantitative estimate of drug-likeness (QED) is 0.929. The van der Waals surface area contributed by atoms with Crippen molar-refractivity contribution >= 4 is 27.3 Å². The lowest BCUT2D eigenvalue weighted by Crippen LogP contribution is -2.48. The van der Waals surface area contributed by atoms with E-state index in [2.05, 4.69) is 39.9 Å². The summed E-state index contributed by atoms with van der Waals surface area (Å²) in [5.41, 5.74) is 6.07. The topological polar surface area (TPSA) is 29.3 Å². The third kappa shape index (κ3) is 3.06. The summed E-state index contributed by atoms with van der Waals surface area (Å²) in [6.45, 7) is 4.39. The van der Waals surface area contributed by atoms with Crippen molar-refractivity contribution in [3.8, 4) is 0 Å². The SMILES string of the molecule is CC(N)C1CCCCN1Cc1ccc(Br)s1. The van der Waals surface area contributed by atoms with Crippen molar-refractivity contribution in [2.75, 3.05) is 6.54 Å². The molecule has 90 valence electrons. The van der Waals surface area contributed by atoms with E-state index in [9.17, 15) is 0 Å². The van der Waals surface area contributed by atoms with Gasteiger partial charge in [-0.15, -0.1) is 11.3 Å². The molecule has 0 saturated carbocycles. The molecule has 0 aromatic carbocycles. The molecule has 0 aliphatic carbocycles. The lowest BCUT2D eigenvalue weighted by atomic mass is 9.97. The Morgan fingerprint density at radius 1 is 1.56 bits per heavy atom. The minimum absolute atomic E-state index is 0.281. The van der Waals surface area contributed by atoms with Crippen molar-refractivity contribution in [3.63, 3.8) is 0 Å². The van der Waals surface area contributed by atoms with Crippen molar-refractivity contribution in [2.24, 2.45) is 5.73 Å². The minimum atomic E-state index is 0.281. The van der Waals surface area contributed by atoms with Gasteiger partial charge in [-0.3, -0.25) is 4.90 Å². The number of nitrogens with zero attached hydrogens (tertiary/aromatic N) is 1. The number of rotatable bonds is 3. The van der Waals surface area contributed by atoms with Gasteiger partial charge in [0.15, 0.2) is 0 Å². The number of nitrogens with two attached hydrogens (primary N) is 1. The van der Waals surface area contributed by atoms with Crippen LogP contribution in [0, 0.1) is 0 Å². The Morgan fingerprint density at radius 3 is 3.00 bits per heavy atom. The summed E-state index contributed by atoms with van der Waals surface area (Å²) >= 11 is 5.35. The predicted octanol–water partition coefficient (Wildman–Crippen LogP) is 3.21. The third-order valence-electron chi connectivity index (χ3n) is 3.26. The van der Waals surface area contributed by atoms with Gasteiger partial charge in [-0.05, 0) is 54.4 Å². The average molecular weight is 303 g/mol. The fraction of sp³-hybridized carbons (Fsp3) is 0.667. The van der Waals surface area contributed by atoms with Crippen LogP contribution in [0.15, 0.2) is 15.9 Å². The second kappa shape index (κ2) is 5.63. The molecule has 1 fully saturated rings. The zero-order chi connectivity index (χ0) is 11.5. The van der Waals surface area contributed by atoms with Gasteiger partial charge in [-0.1, -0.05) is 6.42 Å². The van der Waals surface area contributed by atoms with Crippen LogP contribution in [0.1, 0.15) is 31.1 Å². The van der Waals surface area contributed by atoms with Crippen molar-refractivity contribution in [2.45, 2.75) is 44.8 Å². The van der Waals surface area contributed by atoms with Crippen LogP contribution in [0.4, 0.5) is 0 Å². The molecular weight excluding hydrogens is 284 g/mol. The van der Waals surface area contributed by atoms with E-state index < -0.39 is 0 Å². The number of hydrogen-bond acceptors (Lipinski definition) is 3. The van der Waals surface area contributed by atoms with Crippen LogP contribution in [0.2, 0.25) is 0 Å². The van der Waals surface area contributed by atoms with E-state index in [4.69, 9.17) is 5.73 Å². The summed E-state index contributed by atoms with van der Waals surface area (Å²) in [5.74, 6) is 0. The van der Waals surface area contributed by atoms with E-state index in [-0.39, 0.29) is 6.04 Å². The molecule has 2 N–H and O–H groups in total. The molecule has 16 heavy (non-hydrogen) atoms. The van der Waals surface area contributed by atoms with Crippen molar-refractivity contribution < 1.29 is 0 Å². The summed E-state index contributed by atoms with van der Waals surface area (Å²) in [6, 6.07) is 5.19. The monoisotopic (exact) mass is 302 g/mol. The van der Waals surface area contributed by atoms with Gasteiger partial charge in [0, 0.05) is 23.5 Å². The van der Waals surface area contributed by atoms with E-state index in [0.29, 0.717) is 6.04 Å². The van der Waals surface area contributed by atoms with Gasteiger partial charge in [0.2, 0.25) is 0 Å². The molecular formula is C12H19BrN2S. The maximum absolute atomic E-state index is 6.07. The molecule has 0 radical (unpaired) electrons. The van der Waals surface area contributed by atoms with Gasteiger partial charge in [0.05, 0.1) is 3.79 Å². The zero-order valence-corrected chi connectivity index (χ0v) is 12.1. The van der Waals surface area contributed by atoms with Crippen LogP contribution in [0.25, 0.3) is 0 Å². The number of thiophene rings is 1. The van der Waals surface area contributed by atoms with E-state index in [1.807, 2.05) is 11.3 Å². The first-order valence-corrected chi connectivity index (χ1v) is 7.51. The van der Waals surface area contributed by atoms with Gasteiger partial charge >= 0.3 is 0 Å². The first-order chi connectivity index (χ1) is 7.66. The standard InChI is InChI=1S/C12H19BrN2S/c1-9(14)11-4-2-3-7-15(11)8-10-5-6-12(13)16-10/h5-6,9,11H,2-4,7-8,14H2,1H3. The largest absolute Gasteiger partial charge is 0.327 e. The molecule has 0 bridgehead atoms. The molecule has 2 atom stereocenters. The Labute approximate surface area is 110 Å². The fourth-order valence-electron chi connectivity index (χ4n) is 2.45. The Morgan fingerprint density at radius 2 is 2.38 bits per heavy atom. The summed E-state index contributed by atoms with van der Waals surface area (Å²) in [5, 5.41) is 0. The third-order valence-corrected chi connectivity index (χ3v) is 4.87. The molecule has 2 unspecified atom stereocenters. The van der Waals surface area contributed by atoms with E-state index >= 15 is 0 Å². The van der Waals surface area contributed by atoms with Gasteiger partial charge in [0.1, 0.15) is 0 Å². The Hall–Kier alpha value is 0.1000.